The molecule has 0 amide bonds. The third-order valence-corrected chi connectivity index (χ3v) is 4.32. The predicted octanol–water partition coefficient (Wildman–Crippen LogP) is 5.62. The van der Waals surface area contributed by atoms with Crippen LogP contribution in [0.3, 0.4) is 0 Å². The highest BCUT2D eigenvalue weighted by Crippen LogP contribution is 2.32. The van der Waals surface area contributed by atoms with E-state index in [0.29, 0.717) is 0 Å². The molecule has 19 heavy (non-hydrogen) atoms. The first kappa shape index (κ1) is 14.1. The van der Waals surface area contributed by atoms with Crippen molar-refractivity contribution in [1.82, 2.24) is 0 Å². The fraction of sp³-hybridized carbons (Fsp3) is 0.474. The van der Waals surface area contributed by atoms with E-state index in [2.05, 4.69) is 52.0 Å². The number of hydrogen-bond donors (Lipinski definition) is 0. The van der Waals surface area contributed by atoms with Crippen molar-refractivity contribution in [2.45, 2.75) is 59.8 Å². The van der Waals surface area contributed by atoms with Gasteiger partial charge >= 0.3 is 0 Å². The Hall–Kier alpha value is -1.30. The van der Waals surface area contributed by atoms with Crippen LogP contribution in [0.5, 0.6) is 0 Å². The van der Waals surface area contributed by atoms with Gasteiger partial charge in [-0.1, -0.05) is 51.5 Å². The summed E-state index contributed by atoms with van der Waals surface area (Å²) in [5.41, 5.74) is 6.32. The minimum Gasteiger partial charge on any atom is -0.0654 e. The van der Waals surface area contributed by atoms with Crippen molar-refractivity contribution >= 4 is 10.8 Å². The van der Waals surface area contributed by atoms with E-state index in [1.165, 1.54) is 35.6 Å². The highest BCUT2D eigenvalue weighted by atomic mass is 14.2. The normalized spacial score (nSPS) is 11.2. The molecule has 2 aromatic carbocycles. The standard InChI is InChI=1S/C19H26/c1-5-8-11-18-16(7-3)15(6-2)14(4)17-12-9-10-13-19(17)18/h9-10,12-13H,5-8,11H2,1-4H3. The van der Waals surface area contributed by atoms with Gasteiger partial charge in [0.25, 0.3) is 0 Å². The van der Waals surface area contributed by atoms with Crippen molar-refractivity contribution in [2.75, 3.05) is 0 Å². The Labute approximate surface area is 117 Å². The summed E-state index contributed by atoms with van der Waals surface area (Å²) in [5, 5.41) is 2.95. The number of benzene rings is 2. The Morgan fingerprint density at radius 3 is 2.00 bits per heavy atom. The molecule has 0 spiro atoms. The Kier molecular flexibility index (Phi) is 4.63. The van der Waals surface area contributed by atoms with Crippen LogP contribution in [-0.4, -0.2) is 0 Å². The van der Waals surface area contributed by atoms with Crippen LogP contribution in [0.1, 0.15) is 55.9 Å². The largest absolute Gasteiger partial charge is 0.0654 e. The molecule has 0 fully saturated rings. The topological polar surface area (TPSA) is 0 Å². The second-order valence-corrected chi connectivity index (χ2v) is 5.42. The molecular weight excluding hydrogens is 228 g/mol. The van der Waals surface area contributed by atoms with Gasteiger partial charge in [0.15, 0.2) is 0 Å². The van der Waals surface area contributed by atoms with Gasteiger partial charge in [-0.25, -0.2) is 0 Å². The van der Waals surface area contributed by atoms with Gasteiger partial charge in [0.1, 0.15) is 0 Å². The Morgan fingerprint density at radius 2 is 1.42 bits per heavy atom. The average Bonchev–Trinajstić information content (AvgIpc) is 2.46. The van der Waals surface area contributed by atoms with Crippen molar-refractivity contribution in [3.63, 3.8) is 0 Å². The summed E-state index contributed by atoms with van der Waals surface area (Å²) >= 11 is 0. The molecule has 0 bridgehead atoms. The smallest absolute Gasteiger partial charge is 0.0146 e. The summed E-state index contributed by atoms with van der Waals surface area (Å²) in [5.74, 6) is 0. The first-order chi connectivity index (χ1) is 9.24. The van der Waals surface area contributed by atoms with Crippen LogP contribution in [0.4, 0.5) is 0 Å². The quantitative estimate of drug-likeness (QED) is 0.650. The van der Waals surface area contributed by atoms with Gasteiger partial charge in [0.2, 0.25) is 0 Å². The number of rotatable bonds is 5. The molecule has 0 aliphatic heterocycles. The third-order valence-electron chi connectivity index (χ3n) is 4.32. The maximum atomic E-state index is 2.31. The lowest BCUT2D eigenvalue weighted by Gasteiger charge is -2.19. The lowest BCUT2D eigenvalue weighted by atomic mass is 9.85. The van der Waals surface area contributed by atoms with E-state index in [-0.39, 0.29) is 0 Å². The molecule has 102 valence electrons. The molecule has 0 saturated carbocycles. The van der Waals surface area contributed by atoms with E-state index >= 15 is 0 Å². The van der Waals surface area contributed by atoms with Gasteiger partial charge in [0, 0.05) is 0 Å². The van der Waals surface area contributed by atoms with Gasteiger partial charge in [0.05, 0.1) is 0 Å². The predicted molar refractivity (Wildman–Crippen MR) is 86.1 cm³/mol. The molecule has 0 saturated heterocycles. The highest BCUT2D eigenvalue weighted by Gasteiger charge is 2.14. The molecule has 0 N–H and O–H groups in total. The molecule has 0 aromatic heterocycles. The van der Waals surface area contributed by atoms with E-state index in [0.717, 1.165) is 12.8 Å². The van der Waals surface area contributed by atoms with Gasteiger partial charge in [-0.05, 0) is 65.6 Å². The van der Waals surface area contributed by atoms with Crippen molar-refractivity contribution in [1.29, 1.82) is 0 Å². The van der Waals surface area contributed by atoms with Crippen LogP contribution >= 0.6 is 0 Å². The fourth-order valence-electron chi connectivity index (χ4n) is 3.35. The first-order valence-corrected chi connectivity index (χ1v) is 7.76. The summed E-state index contributed by atoms with van der Waals surface area (Å²) in [6.45, 7) is 9.17. The van der Waals surface area contributed by atoms with E-state index < -0.39 is 0 Å². The van der Waals surface area contributed by atoms with E-state index in [1.54, 1.807) is 16.7 Å². The zero-order valence-electron chi connectivity index (χ0n) is 12.8. The lowest BCUT2D eigenvalue weighted by molar-refractivity contribution is 0.788. The molecule has 0 radical (unpaired) electrons. The van der Waals surface area contributed by atoms with Gasteiger partial charge in [-0.2, -0.15) is 0 Å². The second kappa shape index (κ2) is 6.23. The Morgan fingerprint density at radius 1 is 0.789 bits per heavy atom. The zero-order chi connectivity index (χ0) is 13.8. The molecule has 0 heteroatoms. The summed E-state index contributed by atoms with van der Waals surface area (Å²) in [6.07, 6.45) is 6.11. The zero-order valence-corrected chi connectivity index (χ0v) is 12.8. The molecule has 0 nitrogen and oxygen atoms in total. The van der Waals surface area contributed by atoms with E-state index in [4.69, 9.17) is 0 Å². The molecule has 2 aromatic rings. The van der Waals surface area contributed by atoms with Crippen LogP contribution in [-0.2, 0) is 19.3 Å². The molecule has 0 aliphatic carbocycles. The molecule has 0 aliphatic rings. The van der Waals surface area contributed by atoms with Gasteiger partial charge in [-0.3, -0.25) is 0 Å². The summed E-state index contributed by atoms with van der Waals surface area (Å²) in [6, 6.07) is 8.96. The molecule has 0 atom stereocenters. The molecular formula is C19H26. The minimum absolute atomic E-state index is 1.15. The number of unbranched alkanes of at least 4 members (excludes halogenated alkanes) is 1. The monoisotopic (exact) mass is 254 g/mol. The second-order valence-electron chi connectivity index (χ2n) is 5.42. The SMILES string of the molecule is CCCCc1c(CC)c(CC)c(C)c2ccccc12. The Bertz CT molecular complexity index is 564. The van der Waals surface area contributed by atoms with Crippen molar-refractivity contribution in [3.05, 3.63) is 46.5 Å². The summed E-state index contributed by atoms with van der Waals surface area (Å²) in [7, 11) is 0. The molecule has 2 rings (SSSR count). The number of hydrogen-bond acceptors (Lipinski definition) is 0. The van der Waals surface area contributed by atoms with E-state index in [1.807, 2.05) is 0 Å². The van der Waals surface area contributed by atoms with Gasteiger partial charge in [-0.15, -0.1) is 0 Å². The maximum absolute atomic E-state index is 2.31. The van der Waals surface area contributed by atoms with Crippen molar-refractivity contribution < 1.29 is 0 Å². The highest BCUT2D eigenvalue weighted by molar-refractivity contribution is 5.91. The van der Waals surface area contributed by atoms with Crippen LogP contribution in [0.2, 0.25) is 0 Å². The maximum Gasteiger partial charge on any atom is -0.0146 e. The summed E-state index contributed by atoms with van der Waals surface area (Å²) in [4.78, 5) is 0. The Balaban J connectivity index is 2.76. The molecule has 0 unspecified atom stereocenters. The number of aryl methyl sites for hydroxylation is 2. The molecule has 0 heterocycles. The van der Waals surface area contributed by atoms with Crippen molar-refractivity contribution in [2.24, 2.45) is 0 Å². The third kappa shape index (κ3) is 2.54. The summed E-state index contributed by atoms with van der Waals surface area (Å²) < 4.78 is 0. The van der Waals surface area contributed by atoms with E-state index in [9.17, 15) is 0 Å². The lowest BCUT2D eigenvalue weighted by Crippen LogP contribution is -2.03. The van der Waals surface area contributed by atoms with Crippen LogP contribution < -0.4 is 0 Å². The fourth-order valence-corrected chi connectivity index (χ4v) is 3.35. The van der Waals surface area contributed by atoms with Crippen LogP contribution in [0, 0.1) is 6.92 Å². The first-order valence-electron chi connectivity index (χ1n) is 7.76. The average molecular weight is 254 g/mol. The minimum atomic E-state index is 1.15. The van der Waals surface area contributed by atoms with Crippen LogP contribution in [0.25, 0.3) is 10.8 Å². The van der Waals surface area contributed by atoms with Crippen molar-refractivity contribution in [3.8, 4) is 0 Å². The number of fused-ring (bicyclic) bond motifs is 1. The van der Waals surface area contributed by atoms with Gasteiger partial charge < -0.3 is 0 Å². The van der Waals surface area contributed by atoms with Crippen LogP contribution in [0.15, 0.2) is 24.3 Å².